The van der Waals surface area contributed by atoms with Crippen LogP contribution in [0.25, 0.3) is 20.9 Å². The van der Waals surface area contributed by atoms with Crippen LogP contribution in [-0.2, 0) is 6.42 Å². The van der Waals surface area contributed by atoms with Crippen LogP contribution in [0.4, 0.5) is 5.69 Å². The second-order valence-corrected chi connectivity index (χ2v) is 6.04. The minimum absolute atomic E-state index is 0.121. The van der Waals surface area contributed by atoms with Crippen molar-refractivity contribution in [3.05, 3.63) is 42.1 Å². The molecule has 1 aromatic carbocycles. The van der Waals surface area contributed by atoms with Gasteiger partial charge in [0.25, 0.3) is 0 Å². The number of aliphatic hydroxyl groups is 1. The van der Waals surface area contributed by atoms with Gasteiger partial charge in [0.15, 0.2) is 0 Å². The maximum absolute atomic E-state index is 8.99. The van der Waals surface area contributed by atoms with Crippen molar-refractivity contribution in [1.29, 1.82) is 0 Å². The molecule has 108 valence electrons. The summed E-state index contributed by atoms with van der Waals surface area (Å²) in [5.74, 6) is 0. The number of pyridine rings is 1. The van der Waals surface area contributed by atoms with E-state index in [9.17, 15) is 0 Å². The Morgan fingerprint density at radius 1 is 1.05 bits per heavy atom. The Balaban J connectivity index is 1.96. The molecule has 4 nitrogen and oxygen atoms in total. The summed E-state index contributed by atoms with van der Waals surface area (Å²) in [5, 5.41) is 9.97. The maximum Gasteiger partial charge on any atom is 0.144 e. The number of benzene rings is 1. The molecule has 0 aliphatic carbocycles. The Kier molecular flexibility index (Phi) is 3.86. The van der Waals surface area contributed by atoms with Crippen molar-refractivity contribution in [2.24, 2.45) is 0 Å². The van der Waals surface area contributed by atoms with E-state index in [2.05, 4.69) is 39.1 Å². The number of thiazole rings is 1. The molecule has 2 aromatic heterocycles. The summed E-state index contributed by atoms with van der Waals surface area (Å²) in [7, 11) is 4.05. The highest BCUT2D eigenvalue weighted by atomic mass is 32.1. The molecule has 3 aromatic rings. The molecule has 2 heterocycles. The minimum Gasteiger partial charge on any atom is -0.396 e. The van der Waals surface area contributed by atoms with Gasteiger partial charge in [-0.2, -0.15) is 0 Å². The van der Waals surface area contributed by atoms with Gasteiger partial charge in [-0.25, -0.2) is 9.97 Å². The average molecular weight is 299 g/mol. The van der Waals surface area contributed by atoms with Crippen molar-refractivity contribution in [2.75, 3.05) is 25.6 Å². The van der Waals surface area contributed by atoms with Gasteiger partial charge in [-0.05, 0) is 36.4 Å². The zero-order chi connectivity index (χ0) is 14.8. The lowest BCUT2D eigenvalue weighted by molar-refractivity contribution is 0.298. The standard InChI is InChI=1S/C16H17N3OS/c1-19(2)13-6-3-11(4-7-13)15-18-14-8-5-12(9-10-20)17-16(14)21-15/h3-8,20H,9-10H2,1-2H3. The molecule has 21 heavy (non-hydrogen) atoms. The third-order valence-corrected chi connectivity index (χ3v) is 4.33. The van der Waals surface area contributed by atoms with Gasteiger partial charge in [-0.1, -0.05) is 11.3 Å². The molecule has 0 amide bonds. The minimum atomic E-state index is 0.121. The lowest BCUT2D eigenvalue weighted by Gasteiger charge is -2.11. The first kappa shape index (κ1) is 14.0. The molecule has 1 N–H and O–H groups in total. The van der Waals surface area contributed by atoms with Gasteiger partial charge in [0.05, 0.1) is 0 Å². The van der Waals surface area contributed by atoms with E-state index >= 15 is 0 Å². The van der Waals surface area contributed by atoms with E-state index in [1.165, 1.54) is 5.69 Å². The summed E-state index contributed by atoms with van der Waals surface area (Å²) in [4.78, 5) is 12.2. The number of aliphatic hydroxyl groups excluding tert-OH is 1. The largest absolute Gasteiger partial charge is 0.396 e. The van der Waals surface area contributed by atoms with Crippen molar-refractivity contribution >= 4 is 27.4 Å². The second kappa shape index (κ2) is 5.79. The molecule has 0 aliphatic heterocycles. The fourth-order valence-electron chi connectivity index (χ4n) is 2.13. The Hall–Kier alpha value is -1.98. The lowest BCUT2D eigenvalue weighted by atomic mass is 10.2. The number of aromatic nitrogens is 2. The van der Waals surface area contributed by atoms with Crippen molar-refractivity contribution < 1.29 is 5.11 Å². The van der Waals surface area contributed by atoms with Crippen molar-refractivity contribution in [2.45, 2.75) is 6.42 Å². The van der Waals surface area contributed by atoms with Crippen LogP contribution < -0.4 is 4.90 Å². The maximum atomic E-state index is 8.99. The van der Waals surface area contributed by atoms with E-state index in [0.717, 1.165) is 26.6 Å². The normalized spacial score (nSPS) is 11.0. The van der Waals surface area contributed by atoms with Crippen molar-refractivity contribution in [3.8, 4) is 10.6 Å². The molecule has 0 saturated carbocycles. The first-order valence-electron chi connectivity index (χ1n) is 6.82. The zero-order valence-corrected chi connectivity index (χ0v) is 12.9. The molecule has 0 saturated heterocycles. The number of anilines is 1. The second-order valence-electron chi connectivity index (χ2n) is 5.06. The van der Waals surface area contributed by atoms with Gasteiger partial charge >= 0.3 is 0 Å². The van der Waals surface area contributed by atoms with Gasteiger partial charge in [-0.3, -0.25) is 0 Å². The summed E-state index contributed by atoms with van der Waals surface area (Å²) in [6.45, 7) is 0.121. The predicted octanol–water partition coefficient (Wildman–Crippen LogP) is 2.96. The van der Waals surface area contributed by atoms with Crippen molar-refractivity contribution in [3.63, 3.8) is 0 Å². The van der Waals surface area contributed by atoms with Gasteiger partial charge < -0.3 is 10.0 Å². The number of rotatable bonds is 4. The highest BCUT2D eigenvalue weighted by molar-refractivity contribution is 7.21. The first-order chi connectivity index (χ1) is 10.2. The van der Waals surface area contributed by atoms with Crippen LogP contribution in [0.1, 0.15) is 5.69 Å². The van der Waals surface area contributed by atoms with E-state index < -0.39 is 0 Å². The molecule has 0 aliphatic rings. The van der Waals surface area contributed by atoms with E-state index in [0.29, 0.717) is 6.42 Å². The molecule has 0 spiro atoms. The first-order valence-corrected chi connectivity index (χ1v) is 7.64. The highest BCUT2D eigenvalue weighted by Crippen LogP contribution is 2.30. The average Bonchev–Trinajstić information content (AvgIpc) is 2.91. The summed E-state index contributed by atoms with van der Waals surface area (Å²) < 4.78 is 0. The van der Waals surface area contributed by atoms with E-state index in [4.69, 9.17) is 5.11 Å². The predicted molar refractivity (Wildman–Crippen MR) is 88.0 cm³/mol. The highest BCUT2D eigenvalue weighted by Gasteiger charge is 2.08. The van der Waals surface area contributed by atoms with Crippen LogP contribution in [0.2, 0.25) is 0 Å². The number of hydrogen-bond acceptors (Lipinski definition) is 5. The molecule has 0 bridgehead atoms. The fourth-order valence-corrected chi connectivity index (χ4v) is 3.10. The number of nitrogens with zero attached hydrogens (tertiary/aromatic N) is 3. The summed E-state index contributed by atoms with van der Waals surface area (Å²) in [6, 6.07) is 12.3. The van der Waals surface area contributed by atoms with Gasteiger partial charge in [0.2, 0.25) is 0 Å². The van der Waals surface area contributed by atoms with Crippen LogP contribution in [-0.4, -0.2) is 35.8 Å². The van der Waals surface area contributed by atoms with E-state index in [-0.39, 0.29) is 6.61 Å². The Labute approximate surface area is 127 Å². The Bertz CT molecular complexity index is 750. The van der Waals surface area contributed by atoms with Crippen molar-refractivity contribution in [1.82, 2.24) is 9.97 Å². The van der Waals surface area contributed by atoms with Crippen LogP contribution in [0, 0.1) is 0 Å². The SMILES string of the molecule is CN(C)c1ccc(-c2nc3ccc(CCO)nc3s2)cc1. The van der Waals surface area contributed by atoms with Crippen LogP contribution in [0.15, 0.2) is 36.4 Å². The topological polar surface area (TPSA) is 49.2 Å². The van der Waals surface area contributed by atoms with Gasteiger partial charge in [-0.15, -0.1) is 0 Å². The quantitative estimate of drug-likeness (QED) is 0.804. The van der Waals surface area contributed by atoms with E-state index in [1.807, 2.05) is 26.2 Å². The smallest absolute Gasteiger partial charge is 0.144 e. The van der Waals surface area contributed by atoms with Gasteiger partial charge in [0.1, 0.15) is 15.4 Å². The lowest BCUT2D eigenvalue weighted by Crippen LogP contribution is -2.07. The molecule has 5 heteroatoms. The molecule has 0 unspecified atom stereocenters. The summed E-state index contributed by atoms with van der Waals surface area (Å²) >= 11 is 1.59. The molecular weight excluding hydrogens is 282 g/mol. The summed E-state index contributed by atoms with van der Waals surface area (Å²) in [5.41, 5.74) is 4.09. The molecule has 3 rings (SSSR count). The van der Waals surface area contributed by atoms with Crippen LogP contribution in [0.5, 0.6) is 0 Å². The monoisotopic (exact) mass is 299 g/mol. The molecular formula is C16H17N3OS. The third kappa shape index (κ3) is 2.89. The molecule has 0 atom stereocenters. The number of hydrogen-bond donors (Lipinski definition) is 1. The zero-order valence-electron chi connectivity index (χ0n) is 12.1. The fraction of sp³-hybridized carbons (Fsp3) is 0.250. The van der Waals surface area contributed by atoms with Gasteiger partial charge in [0, 0.05) is 44.1 Å². The Morgan fingerprint density at radius 2 is 1.81 bits per heavy atom. The van der Waals surface area contributed by atoms with E-state index in [1.54, 1.807) is 11.3 Å². The summed E-state index contributed by atoms with van der Waals surface area (Å²) in [6.07, 6.45) is 0.584. The molecule has 0 radical (unpaired) electrons. The van der Waals surface area contributed by atoms with Crippen LogP contribution >= 0.6 is 11.3 Å². The number of fused-ring (bicyclic) bond motifs is 1. The van der Waals surface area contributed by atoms with Crippen LogP contribution in [0.3, 0.4) is 0 Å². The molecule has 0 fully saturated rings. The Morgan fingerprint density at radius 3 is 2.48 bits per heavy atom. The third-order valence-electron chi connectivity index (χ3n) is 3.31.